The van der Waals surface area contributed by atoms with E-state index >= 15 is 0 Å². The van der Waals surface area contributed by atoms with E-state index in [2.05, 4.69) is 41.4 Å². The average Bonchev–Trinajstić information content (AvgIpc) is 2.67. The first-order chi connectivity index (χ1) is 12.9. The summed E-state index contributed by atoms with van der Waals surface area (Å²) in [6.07, 6.45) is 3.07. The Bertz CT molecular complexity index is 900. The van der Waals surface area contributed by atoms with Crippen molar-refractivity contribution in [2.24, 2.45) is 0 Å². The summed E-state index contributed by atoms with van der Waals surface area (Å²) in [5, 5.41) is 6.12. The normalized spacial score (nSPS) is 11.1. The van der Waals surface area contributed by atoms with Gasteiger partial charge in [-0.3, -0.25) is 4.79 Å². The van der Waals surface area contributed by atoms with Gasteiger partial charge in [0.05, 0.1) is 5.56 Å². The van der Waals surface area contributed by atoms with E-state index in [1.54, 1.807) is 0 Å². The van der Waals surface area contributed by atoms with Crippen molar-refractivity contribution in [2.45, 2.75) is 32.7 Å². The molecule has 0 aliphatic rings. The predicted molar refractivity (Wildman–Crippen MR) is 109 cm³/mol. The standard InChI is InChI=1S/C22H24N4O/c1-22(2,3)18-11-7-8-12-19(18)26-20(27)17-14-24-21(25-15-17)23-13-16-9-5-4-6-10-16/h4-12,14-15H,13H2,1-3H3,(H,26,27)(H,23,24,25). The summed E-state index contributed by atoms with van der Waals surface area (Å²) in [6, 6.07) is 17.8. The summed E-state index contributed by atoms with van der Waals surface area (Å²) in [5.74, 6) is 0.270. The maximum Gasteiger partial charge on any atom is 0.258 e. The second kappa shape index (κ2) is 7.99. The molecule has 2 N–H and O–H groups in total. The zero-order valence-electron chi connectivity index (χ0n) is 15.9. The Morgan fingerprint density at radius 3 is 2.22 bits per heavy atom. The number of nitrogens with one attached hydrogen (secondary N) is 2. The minimum atomic E-state index is -0.221. The van der Waals surface area contributed by atoms with Crippen molar-refractivity contribution in [2.75, 3.05) is 10.6 Å². The Labute approximate surface area is 159 Å². The van der Waals surface area contributed by atoms with Gasteiger partial charge in [-0.2, -0.15) is 0 Å². The molecule has 0 unspecified atom stereocenters. The third-order valence-corrected chi connectivity index (χ3v) is 4.19. The van der Waals surface area contributed by atoms with Crippen molar-refractivity contribution in [1.82, 2.24) is 9.97 Å². The molecule has 1 heterocycles. The van der Waals surface area contributed by atoms with Gasteiger partial charge < -0.3 is 10.6 Å². The number of amides is 1. The fourth-order valence-corrected chi connectivity index (χ4v) is 2.75. The molecule has 1 aromatic heterocycles. The molecule has 0 radical (unpaired) electrons. The highest BCUT2D eigenvalue weighted by Crippen LogP contribution is 2.29. The number of hydrogen-bond acceptors (Lipinski definition) is 4. The quantitative estimate of drug-likeness (QED) is 0.696. The maximum absolute atomic E-state index is 12.6. The number of para-hydroxylation sites is 1. The summed E-state index contributed by atoms with van der Waals surface area (Å²) in [6.45, 7) is 6.99. The van der Waals surface area contributed by atoms with Crippen LogP contribution >= 0.6 is 0 Å². The summed E-state index contributed by atoms with van der Waals surface area (Å²) < 4.78 is 0. The Morgan fingerprint density at radius 1 is 0.926 bits per heavy atom. The van der Waals surface area contributed by atoms with Crippen LogP contribution in [0.2, 0.25) is 0 Å². The van der Waals surface area contributed by atoms with Gasteiger partial charge in [0.25, 0.3) is 5.91 Å². The first-order valence-corrected chi connectivity index (χ1v) is 8.94. The Kier molecular flexibility index (Phi) is 5.50. The first kappa shape index (κ1) is 18.6. The van der Waals surface area contributed by atoms with E-state index in [9.17, 15) is 4.79 Å². The lowest BCUT2D eigenvalue weighted by Crippen LogP contribution is -2.19. The molecule has 2 aromatic carbocycles. The van der Waals surface area contributed by atoms with Crippen molar-refractivity contribution >= 4 is 17.5 Å². The van der Waals surface area contributed by atoms with E-state index in [-0.39, 0.29) is 11.3 Å². The van der Waals surface area contributed by atoms with Crippen LogP contribution in [-0.2, 0) is 12.0 Å². The van der Waals surface area contributed by atoms with Gasteiger partial charge in [0, 0.05) is 24.6 Å². The number of rotatable bonds is 5. The molecular formula is C22H24N4O. The topological polar surface area (TPSA) is 66.9 Å². The van der Waals surface area contributed by atoms with Crippen LogP contribution in [0.15, 0.2) is 67.0 Å². The van der Waals surface area contributed by atoms with Crippen LogP contribution in [0.1, 0.15) is 42.3 Å². The molecule has 0 spiro atoms. The van der Waals surface area contributed by atoms with Gasteiger partial charge in [-0.25, -0.2) is 9.97 Å². The van der Waals surface area contributed by atoms with Crippen molar-refractivity contribution < 1.29 is 4.79 Å². The maximum atomic E-state index is 12.6. The second-order valence-electron chi connectivity index (χ2n) is 7.38. The third-order valence-electron chi connectivity index (χ3n) is 4.19. The zero-order chi connectivity index (χ0) is 19.3. The van der Waals surface area contributed by atoms with Gasteiger partial charge in [-0.05, 0) is 22.6 Å². The highest BCUT2D eigenvalue weighted by Gasteiger charge is 2.19. The molecule has 0 bridgehead atoms. The summed E-state index contributed by atoms with van der Waals surface area (Å²) in [5.41, 5.74) is 3.39. The van der Waals surface area contributed by atoms with Crippen LogP contribution in [0.5, 0.6) is 0 Å². The molecule has 5 heteroatoms. The number of carbonyl (C=O) groups excluding carboxylic acids is 1. The Hall–Kier alpha value is -3.21. The number of carbonyl (C=O) groups is 1. The van der Waals surface area contributed by atoms with E-state index in [1.807, 2.05) is 54.6 Å². The molecule has 0 atom stereocenters. The molecule has 0 fully saturated rings. The van der Waals surface area contributed by atoms with Gasteiger partial charge in [0.2, 0.25) is 5.95 Å². The van der Waals surface area contributed by atoms with Crippen molar-refractivity contribution in [3.8, 4) is 0 Å². The molecule has 3 rings (SSSR count). The SMILES string of the molecule is CC(C)(C)c1ccccc1NC(=O)c1cnc(NCc2ccccc2)nc1. The number of hydrogen-bond donors (Lipinski definition) is 2. The van der Waals surface area contributed by atoms with Crippen LogP contribution in [0.4, 0.5) is 11.6 Å². The monoisotopic (exact) mass is 360 g/mol. The molecular weight excluding hydrogens is 336 g/mol. The first-order valence-electron chi connectivity index (χ1n) is 8.94. The second-order valence-corrected chi connectivity index (χ2v) is 7.38. The van der Waals surface area contributed by atoms with E-state index in [0.29, 0.717) is 18.1 Å². The summed E-state index contributed by atoms with van der Waals surface area (Å²) in [4.78, 5) is 21.1. The van der Waals surface area contributed by atoms with Gasteiger partial charge in [-0.1, -0.05) is 69.3 Å². The lowest BCUT2D eigenvalue weighted by molar-refractivity contribution is 0.102. The van der Waals surface area contributed by atoms with E-state index in [0.717, 1.165) is 16.8 Å². The zero-order valence-corrected chi connectivity index (χ0v) is 15.9. The van der Waals surface area contributed by atoms with Gasteiger partial charge in [0.15, 0.2) is 0 Å². The summed E-state index contributed by atoms with van der Waals surface area (Å²) in [7, 11) is 0. The highest BCUT2D eigenvalue weighted by atomic mass is 16.1. The van der Waals surface area contributed by atoms with E-state index in [4.69, 9.17) is 0 Å². The van der Waals surface area contributed by atoms with Crippen molar-refractivity contribution in [3.05, 3.63) is 83.7 Å². The van der Waals surface area contributed by atoms with Crippen LogP contribution in [0.25, 0.3) is 0 Å². The Balaban J connectivity index is 1.66. The smallest absolute Gasteiger partial charge is 0.258 e. The fraction of sp³-hybridized carbons (Fsp3) is 0.227. The fourth-order valence-electron chi connectivity index (χ4n) is 2.75. The molecule has 138 valence electrons. The van der Waals surface area contributed by atoms with Crippen molar-refractivity contribution in [3.63, 3.8) is 0 Å². The highest BCUT2D eigenvalue weighted by molar-refractivity contribution is 6.04. The largest absolute Gasteiger partial charge is 0.350 e. The van der Waals surface area contributed by atoms with Crippen LogP contribution in [0, 0.1) is 0 Å². The number of anilines is 2. The molecule has 0 saturated heterocycles. The lowest BCUT2D eigenvalue weighted by atomic mass is 9.86. The molecule has 1 amide bonds. The minimum Gasteiger partial charge on any atom is -0.350 e. The number of benzene rings is 2. The molecule has 27 heavy (non-hydrogen) atoms. The molecule has 0 aliphatic heterocycles. The lowest BCUT2D eigenvalue weighted by Gasteiger charge is -2.22. The molecule has 0 saturated carbocycles. The molecule has 5 nitrogen and oxygen atoms in total. The number of aromatic nitrogens is 2. The Morgan fingerprint density at radius 2 is 1.56 bits per heavy atom. The van der Waals surface area contributed by atoms with Gasteiger partial charge in [-0.15, -0.1) is 0 Å². The number of nitrogens with zero attached hydrogens (tertiary/aromatic N) is 2. The minimum absolute atomic E-state index is 0.0639. The van der Waals surface area contributed by atoms with Crippen LogP contribution < -0.4 is 10.6 Å². The van der Waals surface area contributed by atoms with Crippen LogP contribution in [-0.4, -0.2) is 15.9 Å². The van der Waals surface area contributed by atoms with Crippen LogP contribution in [0.3, 0.4) is 0 Å². The molecule has 3 aromatic rings. The van der Waals surface area contributed by atoms with E-state index < -0.39 is 0 Å². The van der Waals surface area contributed by atoms with Gasteiger partial charge in [0.1, 0.15) is 0 Å². The van der Waals surface area contributed by atoms with Crippen molar-refractivity contribution in [1.29, 1.82) is 0 Å². The summed E-state index contributed by atoms with van der Waals surface area (Å²) >= 11 is 0. The predicted octanol–water partition coefficient (Wildman–Crippen LogP) is 4.64. The molecule has 0 aliphatic carbocycles. The van der Waals surface area contributed by atoms with Gasteiger partial charge >= 0.3 is 0 Å². The average molecular weight is 360 g/mol. The van der Waals surface area contributed by atoms with E-state index in [1.165, 1.54) is 12.4 Å². The third kappa shape index (κ3) is 4.91.